The summed E-state index contributed by atoms with van der Waals surface area (Å²) in [4.78, 5) is 18.1. The highest BCUT2D eigenvalue weighted by atomic mass is 16.2. The van der Waals surface area contributed by atoms with Gasteiger partial charge in [0, 0.05) is 25.3 Å². The second-order valence-electron chi connectivity index (χ2n) is 5.03. The summed E-state index contributed by atoms with van der Waals surface area (Å²) in [5.74, 6) is -0.0926. The molecule has 1 aromatic rings. The van der Waals surface area contributed by atoms with Crippen LogP contribution in [0.15, 0.2) is 18.3 Å². The first-order valence-corrected chi connectivity index (χ1v) is 6.50. The Hall–Kier alpha value is -1.93. The molecule has 1 aromatic heterocycles. The normalized spacial score (nSPS) is 22.6. The molecule has 0 atom stereocenters. The van der Waals surface area contributed by atoms with Crippen molar-refractivity contribution in [1.29, 1.82) is 5.26 Å². The third-order valence-corrected chi connectivity index (χ3v) is 3.72. The highest BCUT2D eigenvalue weighted by molar-refractivity contribution is 5.92. The maximum Gasteiger partial charge on any atom is 0.272 e. The lowest BCUT2D eigenvalue weighted by atomic mass is 9.91. The maximum absolute atomic E-state index is 12.3. The lowest BCUT2D eigenvalue weighted by Gasteiger charge is -2.33. The number of amides is 1. The Morgan fingerprint density at radius 2 is 2.11 bits per heavy atom. The molecule has 100 valence electrons. The number of hydrogen-bond acceptors (Lipinski definition) is 4. The van der Waals surface area contributed by atoms with Gasteiger partial charge >= 0.3 is 0 Å². The highest BCUT2D eigenvalue weighted by Gasteiger charge is 2.26. The second-order valence-corrected chi connectivity index (χ2v) is 5.03. The Morgan fingerprint density at radius 1 is 1.42 bits per heavy atom. The van der Waals surface area contributed by atoms with Crippen LogP contribution in [0, 0.1) is 11.3 Å². The van der Waals surface area contributed by atoms with E-state index >= 15 is 0 Å². The number of nitrogens with two attached hydrogens (primary N) is 1. The van der Waals surface area contributed by atoms with Crippen LogP contribution >= 0.6 is 0 Å². The number of rotatable bonds is 2. The van der Waals surface area contributed by atoms with Gasteiger partial charge in [0.25, 0.3) is 5.91 Å². The molecule has 0 spiro atoms. The van der Waals surface area contributed by atoms with Gasteiger partial charge < -0.3 is 10.6 Å². The van der Waals surface area contributed by atoms with Gasteiger partial charge in [-0.1, -0.05) is 0 Å². The quantitative estimate of drug-likeness (QED) is 0.866. The molecule has 5 heteroatoms. The van der Waals surface area contributed by atoms with E-state index in [1.807, 2.05) is 13.1 Å². The summed E-state index contributed by atoms with van der Waals surface area (Å²) in [7, 11) is 1.81. The summed E-state index contributed by atoms with van der Waals surface area (Å²) < 4.78 is 0. The number of pyridine rings is 1. The summed E-state index contributed by atoms with van der Waals surface area (Å²) in [6, 6.07) is 5.72. The molecule has 0 unspecified atom stereocenters. The van der Waals surface area contributed by atoms with Crippen LogP contribution in [-0.2, 0) is 0 Å². The summed E-state index contributed by atoms with van der Waals surface area (Å²) >= 11 is 0. The van der Waals surface area contributed by atoms with Crippen LogP contribution in [0.25, 0.3) is 0 Å². The van der Waals surface area contributed by atoms with Gasteiger partial charge in [-0.3, -0.25) is 4.79 Å². The number of carbonyl (C=O) groups excluding carboxylic acids is 1. The van der Waals surface area contributed by atoms with Crippen molar-refractivity contribution in [3.05, 3.63) is 29.6 Å². The number of carbonyl (C=O) groups is 1. The first-order chi connectivity index (χ1) is 9.11. The van der Waals surface area contributed by atoms with Gasteiger partial charge in [-0.15, -0.1) is 0 Å². The SMILES string of the molecule is CN(C(=O)c1ccc(C#N)cn1)C1CCC(N)CC1. The Balaban J connectivity index is 2.04. The van der Waals surface area contributed by atoms with Gasteiger partial charge in [-0.25, -0.2) is 4.98 Å². The minimum atomic E-state index is -0.0926. The molecule has 1 heterocycles. The lowest BCUT2D eigenvalue weighted by Crippen LogP contribution is -2.42. The van der Waals surface area contributed by atoms with Crippen molar-refractivity contribution in [2.75, 3.05) is 7.05 Å². The standard InChI is InChI=1S/C14H18N4O/c1-18(12-5-3-11(16)4-6-12)14(19)13-7-2-10(8-15)9-17-13/h2,7,9,11-12H,3-6,16H2,1H3. The number of aromatic nitrogens is 1. The molecule has 1 saturated carbocycles. The van der Waals surface area contributed by atoms with Gasteiger partial charge in [0.15, 0.2) is 0 Å². The van der Waals surface area contributed by atoms with Crippen LogP contribution in [0.3, 0.4) is 0 Å². The maximum atomic E-state index is 12.3. The largest absolute Gasteiger partial charge is 0.337 e. The van der Waals surface area contributed by atoms with Crippen molar-refractivity contribution in [2.45, 2.75) is 37.8 Å². The fourth-order valence-electron chi connectivity index (χ4n) is 2.42. The van der Waals surface area contributed by atoms with Crippen molar-refractivity contribution in [2.24, 2.45) is 5.73 Å². The molecule has 0 aromatic carbocycles. The molecule has 1 amide bonds. The van der Waals surface area contributed by atoms with Crippen LogP contribution in [-0.4, -0.2) is 34.9 Å². The van der Waals surface area contributed by atoms with E-state index in [1.165, 1.54) is 6.20 Å². The van der Waals surface area contributed by atoms with E-state index in [0.29, 0.717) is 11.3 Å². The summed E-state index contributed by atoms with van der Waals surface area (Å²) in [5.41, 5.74) is 6.72. The van der Waals surface area contributed by atoms with Gasteiger partial charge in [-0.05, 0) is 37.8 Å². The molecular formula is C14H18N4O. The molecule has 0 radical (unpaired) electrons. The predicted octanol–water partition coefficient (Wildman–Crippen LogP) is 1.30. The van der Waals surface area contributed by atoms with E-state index in [9.17, 15) is 4.79 Å². The second kappa shape index (κ2) is 5.81. The third-order valence-electron chi connectivity index (χ3n) is 3.72. The third kappa shape index (κ3) is 3.09. The fourth-order valence-corrected chi connectivity index (χ4v) is 2.42. The van der Waals surface area contributed by atoms with Gasteiger partial charge in [0.05, 0.1) is 5.56 Å². The van der Waals surface area contributed by atoms with E-state index in [4.69, 9.17) is 11.0 Å². The van der Waals surface area contributed by atoms with Crippen molar-refractivity contribution >= 4 is 5.91 Å². The Morgan fingerprint density at radius 3 is 2.63 bits per heavy atom. The monoisotopic (exact) mass is 258 g/mol. The molecule has 0 saturated heterocycles. The lowest BCUT2D eigenvalue weighted by molar-refractivity contribution is 0.0684. The van der Waals surface area contributed by atoms with Crippen molar-refractivity contribution < 1.29 is 4.79 Å². The van der Waals surface area contributed by atoms with E-state index in [1.54, 1.807) is 17.0 Å². The van der Waals surface area contributed by atoms with E-state index in [-0.39, 0.29) is 18.0 Å². The summed E-state index contributed by atoms with van der Waals surface area (Å²) in [6.07, 6.45) is 5.24. The zero-order valence-electron chi connectivity index (χ0n) is 11.0. The molecule has 2 rings (SSSR count). The van der Waals surface area contributed by atoms with Crippen molar-refractivity contribution in [3.63, 3.8) is 0 Å². The molecule has 1 fully saturated rings. The van der Waals surface area contributed by atoms with Crippen LogP contribution in [0.2, 0.25) is 0 Å². The topological polar surface area (TPSA) is 83.0 Å². The Bertz CT molecular complexity index is 483. The fraction of sp³-hybridized carbons (Fsp3) is 0.500. The number of hydrogen-bond donors (Lipinski definition) is 1. The van der Waals surface area contributed by atoms with Crippen LogP contribution in [0.4, 0.5) is 0 Å². The van der Waals surface area contributed by atoms with Crippen LogP contribution in [0.1, 0.15) is 41.7 Å². The molecule has 0 bridgehead atoms. The summed E-state index contributed by atoms with van der Waals surface area (Å²) in [5, 5.41) is 8.71. The Labute approximate surface area is 113 Å². The average molecular weight is 258 g/mol. The molecular weight excluding hydrogens is 240 g/mol. The molecule has 1 aliphatic carbocycles. The zero-order chi connectivity index (χ0) is 13.8. The molecule has 2 N–H and O–H groups in total. The Kier molecular flexibility index (Phi) is 4.13. The number of nitriles is 1. The zero-order valence-corrected chi connectivity index (χ0v) is 11.0. The first kappa shape index (κ1) is 13.5. The highest BCUT2D eigenvalue weighted by Crippen LogP contribution is 2.22. The smallest absolute Gasteiger partial charge is 0.272 e. The first-order valence-electron chi connectivity index (χ1n) is 6.50. The van der Waals surface area contributed by atoms with Crippen molar-refractivity contribution in [3.8, 4) is 6.07 Å². The van der Waals surface area contributed by atoms with Crippen molar-refractivity contribution in [1.82, 2.24) is 9.88 Å². The predicted molar refractivity (Wildman–Crippen MR) is 71.3 cm³/mol. The van der Waals surface area contributed by atoms with E-state index in [0.717, 1.165) is 25.7 Å². The van der Waals surface area contributed by atoms with Gasteiger partial charge in [-0.2, -0.15) is 5.26 Å². The molecule has 0 aliphatic heterocycles. The van der Waals surface area contributed by atoms with Crippen LogP contribution < -0.4 is 5.73 Å². The average Bonchev–Trinajstić information content (AvgIpc) is 2.46. The molecule has 19 heavy (non-hydrogen) atoms. The summed E-state index contributed by atoms with van der Waals surface area (Å²) in [6.45, 7) is 0. The minimum Gasteiger partial charge on any atom is -0.337 e. The van der Waals surface area contributed by atoms with E-state index < -0.39 is 0 Å². The molecule has 5 nitrogen and oxygen atoms in total. The van der Waals surface area contributed by atoms with Gasteiger partial charge in [0.1, 0.15) is 11.8 Å². The molecule has 1 aliphatic rings. The van der Waals surface area contributed by atoms with Crippen LogP contribution in [0.5, 0.6) is 0 Å². The number of nitrogens with zero attached hydrogens (tertiary/aromatic N) is 3. The van der Waals surface area contributed by atoms with E-state index in [2.05, 4.69) is 4.98 Å². The van der Waals surface area contributed by atoms with Gasteiger partial charge in [0.2, 0.25) is 0 Å². The minimum absolute atomic E-state index is 0.0926.